The molecule has 2 aromatic carbocycles. The van der Waals surface area contributed by atoms with Gasteiger partial charge in [0.1, 0.15) is 5.69 Å². The first-order valence-corrected chi connectivity index (χ1v) is 11.3. The van der Waals surface area contributed by atoms with Crippen LogP contribution in [-0.4, -0.2) is 15.5 Å². The lowest BCUT2D eigenvalue weighted by Gasteiger charge is -2.08. The SMILES string of the molecule is CCc1ccc2c(c1)c(C)c(C(=O)Nc1nc(-c3ccc(Br)cc3)cs1)n2CC. The third-order valence-corrected chi connectivity index (χ3v) is 6.47. The lowest BCUT2D eigenvalue weighted by Crippen LogP contribution is -2.17. The van der Waals surface area contributed by atoms with E-state index in [0.717, 1.165) is 45.2 Å². The molecule has 4 nitrogen and oxygen atoms in total. The second kappa shape index (κ2) is 8.13. The minimum absolute atomic E-state index is 0.115. The summed E-state index contributed by atoms with van der Waals surface area (Å²) < 4.78 is 3.11. The maximum Gasteiger partial charge on any atom is 0.274 e. The van der Waals surface area contributed by atoms with Crippen molar-refractivity contribution in [1.29, 1.82) is 0 Å². The zero-order valence-electron chi connectivity index (χ0n) is 16.6. The van der Waals surface area contributed by atoms with Crippen LogP contribution in [-0.2, 0) is 13.0 Å². The Bertz CT molecular complexity index is 1190. The van der Waals surface area contributed by atoms with Crippen molar-refractivity contribution in [2.24, 2.45) is 0 Å². The van der Waals surface area contributed by atoms with E-state index in [1.807, 2.05) is 36.6 Å². The van der Waals surface area contributed by atoms with Gasteiger partial charge >= 0.3 is 0 Å². The number of aryl methyl sites for hydroxylation is 3. The molecule has 0 radical (unpaired) electrons. The fourth-order valence-electron chi connectivity index (χ4n) is 3.65. The van der Waals surface area contributed by atoms with E-state index in [9.17, 15) is 4.79 Å². The van der Waals surface area contributed by atoms with E-state index in [0.29, 0.717) is 10.8 Å². The highest BCUT2D eigenvalue weighted by molar-refractivity contribution is 9.10. The maximum atomic E-state index is 13.2. The summed E-state index contributed by atoms with van der Waals surface area (Å²) in [7, 11) is 0. The molecule has 0 fully saturated rings. The second-order valence-electron chi connectivity index (χ2n) is 6.92. The summed E-state index contributed by atoms with van der Waals surface area (Å²) >= 11 is 4.89. The Kier molecular flexibility index (Phi) is 5.56. The zero-order valence-corrected chi connectivity index (χ0v) is 19.0. The third kappa shape index (κ3) is 3.74. The van der Waals surface area contributed by atoms with Crippen molar-refractivity contribution >= 4 is 49.2 Å². The molecule has 0 saturated heterocycles. The summed E-state index contributed by atoms with van der Waals surface area (Å²) in [4.78, 5) is 17.8. The molecule has 0 aliphatic heterocycles. The quantitative estimate of drug-likeness (QED) is 0.356. The first-order valence-electron chi connectivity index (χ1n) is 9.66. The number of benzene rings is 2. The van der Waals surface area contributed by atoms with Gasteiger partial charge in [-0.3, -0.25) is 10.1 Å². The molecule has 0 atom stereocenters. The molecule has 0 spiro atoms. The number of carbonyl (C=O) groups excluding carboxylic acids is 1. The molecule has 2 aromatic heterocycles. The Morgan fingerprint density at radius 1 is 1.17 bits per heavy atom. The van der Waals surface area contributed by atoms with Crippen LogP contribution in [0.2, 0.25) is 0 Å². The van der Waals surface area contributed by atoms with Crippen LogP contribution in [0.5, 0.6) is 0 Å². The average molecular weight is 468 g/mol. The molecule has 1 N–H and O–H groups in total. The van der Waals surface area contributed by atoms with Crippen LogP contribution in [0.3, 0.4) is 0 Å². The molecule has 0 aliphatic rings. The Hall–Kier alpha value is -2.44. The molecule has 0 aliphatic carbocycles. The summed E-state index contributed by atoms with van der Waals surface area (Å²) in [6.07, 6.45) is 0.978. The van der Waals surface area contributed by atoms with E-state index in [1.165, 1.54) is 16.9 Å². The van der Waals surface area contributed by atoms with Crippen molar-refractivity contribution in [1.82, 2.24) is 9.55 Å². The minimum Gasteiger partial charge on any atom is -0.337 e. The Balaban J connectivity index is 1.66. The molecule has 29 heavy (non-hydrogen) atoms. The van der Waals surface area contributed by atoms with E-state index in [1.54, 1.807) is 0 Å². The van der Waals surface area contributed by atoms with Crippen LogP contribution in [0, 0.1) is 6.92 Å². The average Bonchev–Trinajstić information content (AvgIpc) is 3.30. The molecular formula is C23H22BrN3OS. The van der Waals surface area contributed by atoms with E-state index >= 15 is 0 Å². The van der Waals surface area contributed by atoms with Crippen molar-refractivity contribution in [2.75, 3.05) is 5.32 Å². The van der Waals surface area contributed by atoms with Crippen LogP contribution in [0.4, 0.5) is 5.13 Å². The molecule has 0 unspecified atom stereocenters. The fraction of sp³-hybridized carbons (Fsp3) is 0.217. The number of anilines is 1. The molecule has 2 heterocycles. The van der Waals surface area contributed by atoms with Crippen molar-refractivity contribution in [2.45, 2.75) is 33.7 Å². The van der Waals surface area contributed by atoms with Gasteiger partial charge in [0.2, 0.25) is 0 Å². The number of fused-ring (bicyclic) bond motifs is 1. The number of nitrogens with one attached hydrogen (secondary N) is 1. The number of aromatic nitrogens is 2. The highest BCUT2D eigenvalue weighted by atomic mass is 79.9. The highest BCUT2D eigenvalue weighted by Crippen LogP contribution is 2.30. The molecule has 0 saturated carbocycles. The highest BCUT2D eigenvalue weighted by Gasteiger charge is 2.21. The fourth-order valence-corrected chi connectivity index (χ4v) is 4.63. The number of carbonyl (C=O) groups is 1. The van der Waals surface area contributed by atoms with Gasteiger partial charge in [-0.05, 0) is 55.7 Å². The summed E-state index contributed by atoms with van der Waals surface area (Å²) in [5.41, 5.74) is 5.98. The number of halogens is 1. The number of hydrogen-bond acceptors (Lipinski definition) is 3. The molecule has 4 aromatic rings. The van der Waals surface area contributed by atoms with E-state index in [-0.39, 0.29) is 5.91 Å². The van der Waals surface area contributed by atoms with Gasteiger partial charge in [0.05, 0.1) is 5.69 Å². The van der Waals surface area contributed by atoms with Crippen molar-refractivity contribution in [3.05, 3.63) is 69.1 Å². The zero-order chi connectivity index (χ0) is 20.5. The maximum absolute atomic E-state index is 13.2. The second-order valence-corrected chi connectivity index (χ2v) is 8.70. The standard InChI is InChI=1S/C23H22BrN3OS/c1-4-15-6-11-20-18(12-15)14(3)21(27(20)5-2)22(28)26-23-25-19(13-29-23)16-7-9-17(24)10-8-16/h6-13H,4-5H2,1-3H3,(H,25,26,28). The number of nitrogens with zero attached hydrogens (tertiary/aromatic N) is 2. The van der Waals surface area contributed by atoms with Gasteiger partial charge in [-0.2, -0.15) is 0 Å². The van der Waals surface area contributed by atoms with Crippen LogP contribution < -0.4 is 5.32 Å². The number of hydrogen-bond donors (Lipinski definition) is 1. The minimum atomic E-state index is -0.115. The first kappa shape index (κ1) is 19.9. The smallest absolute Gasteiger partial charge is 0.274 e. The summed E-state index contributed by atoms with van der Waals surface area (Å²) in [6.45, 7) is 6.98. The van der Waals surface area contributed by atoms with Gasteiger partial charge in [0.15, 0.2) is 5.13 Å². The number of thiazole rings is 1. The van der Waals surface area contributed by atoms with Gasteiger partial charge in [0.25, 0.3) is 5.91 Å². The Morgan fingerprint density at radius 3 is 2.62 bits per heavy atom. The van der Waals surface area contributed by atoms with Crippen LogP contribution in [0.1, 0.15) is 35.5 Å². The summed E-state index contributed by atoms with van der Waals surface area (Å²) in [5, 5.41) is 6.72. The van der Waals surface area contributed by atoms with Gasteiger partial charge in [-0.25, -0.2) is 4.98 Å². The predicted molar refractivity (Wildman–Crippen MR) is 125 cm³/mol. The van der Waals surface area contributed by atoms with E-state index in [2.05, 4.69) is 62.8 Å². The van der Waals surface area contributed by atoms with Crippen molar-refractivity contribution in [3.8, 4) is 11.3 Å². The lowest BCUT2D eigenvalue weighted by atomic mass is 10.1. The molecule has 0 bridgehead atoms. The van der Waals surface area contributed by atoms with Crippen LogP contribution >= 0.6 is 27.3 Å². The van der Waals surface area contributed by atoms with E-state index in [4.69, 9.17) is 0 Å². The van der Waals surface area contributed by atoms with Crippen LogP contribution in [0.15, 0.2) is 52.3 Å². The van der Waals surface area contributed by atoms with E-state index < -0.39 is 0 Å². The predicted octanol–water partition coefficient (Wildman–Crippen LogP) is 6.67. The van der Waals surface area contributed by atoms with Gasteiger partial charge in [0, 0.05) is 32.9 Å². The third-order valence-electron chi connectivity index (χ3n) is 5.19. The molecule has 4 rings (SSSR count). The first-order chi connectivity index (χ1) is 14.0. The van der Waals surface area contributed by atoms with Crippen LogP contribution in [0.25, 0.3) is 22.2 Å². The monoisotopic (exact) mass is 467 g/mol. The Morgan fingerprint density at radius 2 is 1.93 bits per heavy atom. The number of amides is 1. The van der Waals surface area contributed by atoms with Gasteiger partial charge in [-0.15, -0.1) is 11.3 Å². The molecule has 148 valence electrons. The molecule has 1 amide bonds. The molecular weight excluding hydrogens is 446 g/mol. The van der Waals surface area contributed by atoms with Gasteiger partial charge in [-0.1, -0.05) is 41.1 Å². The summed E-state index contributed by atoms with van der Waals surface area (Å²) in [6, 6.07) is 14.4. The van der Waals surface area contributed by atoms with Crippen molar-refractivity contribution in [3.63, 3.8) is 0 Å². The Labute approximate surface area is 182 Å². The number of rotatable bonds is 5. The topological polar surface area (TPSA) is 46.9 Å². The van der Waals surface area contributed by atoms with Gasteiger partial charge < -0.3 is 4.57 Å². The van der Waals surface area contributed by atoms with Crippen molar-refractivity contribution < 1.29 is 4.79 Å². The normalized spacial score (nSPS) is 11.2. The summed E-state index contributed by atoms with van der Waals surface area (Å²) in [5.74, 6) is -0.115. The largest absolute Gasteiger partial charge is 0.337 e. The molecule has 6 heteroatoms. The lowest BCUT2D eigenvalue weighted by molar-refractivity contribution is 0.101.